The van der Waals surface area contributed by atoms with Crippen molar-refractivity contribution >= 4 is 5.97 Å². The molecule has 0 aliphatic heterocycles. The molecule has 1 aromatic rings. The predicted octanol–water partition coefficient (Wildman–Crippen LogP) is 1.65. The monoisotopic (exact) mass is 154 g/mol. The number of carbonyl (C=O) groups excluding carboxylic acids is 1. The van der Waals surface area contributed by atoms with Crippen molar-refractivity contribution in [2.45, 2.75) is 20.5 Å². The molecule has 0 spiro atoms. The molecule has 3 nitrogen and oxygen atoms in total. The fourth-order valence-corrected chi connectivity index (χ4v) is 0.735. The van der Waals surface area contributed by atoms with Gasteiger partial charge in [-0.3, -0.25) is 4.79 Å². The highest BCUT2D eigenvalue weighted by molar-refractivity contribution is 5.65. The maximum atomic E-state index is 10.4. The van der Waals surface area contributed by atoms with Gasteiger partial charge in [0, 0.05) is 6.92 Å². The molecular weight excluding hydrogens is 144 g/mol. The summed E-state index contributed by atoms with van der Waals surface area (Å²) >= 11 is 0. The quantitative estimate of drug-likeness (QED) is 0.608. The van der Waals surface area contributed by atoms with E-state index in [9.17, 15) is 4.79 Å². The Bertz CT molecular complexity index is 250. The summed E-state index contributed by atoms with van der Waals surface area (Å²) in [4.78, 5) is 10.4. The number of rotatable bonds is 2. The zero-order valence-corrected chi connectivity index (χ0v) is 6.59. The summed E-state index contributed by atoms with van der Waals surface area (Å²) in [5.41, 5.74) is 0. The number of hydrogen-bond donors (Lipinski definition) is 0. The molecule has 11 heavy (non-hydrogen) atoms. The van der Waals surface area contributed by atoms with Crippen molar-refractivity contribution in [3.05, 3.63) is 23.7 Å². The average molecular weight is 154 g/mol. The molecule has 0 aromatic carbocycles. The Kier molecular flexibility index (Phi) is 2.31. The molecule has 0 aliphatic rings. The van der Waals surface area contributed by atoms with Crippen molar-refractivity contribution in [2.75, 3.05) is 0 Å². The topological polar surface area (TPSA) is 39.4 Å². The first kappa shape index (κ1) is 7.85. The first-order valence-electron chi connectivity index (χ1n) is 3.37. The maximum Gasteiger partial charge on any atom is 0.303 e. The third kappa shape index (κ3) is 2.45. The van der Waals surface area contributed by atoms with Gasteiger partial charge in [-0.1, -0.05) is 0 Å². The highest BCUT2D eigenvalue weighted by Gasteiger charge is 1.99. The second kappa shape index (κ2) is 3.23. The Morgan fingerprint density at radius 2 is 2.36 bits per heavy atom. The third-order valence-electron chi connectivity index (χ3n) is 1.21. The van der Waals surface area contributed by atoms with Gasteiger partial charge in [-0.25, -0.2) is 0 Å². The van der Waals surface area contributed by atoms with Crippen LogP contribution in [0, 0.1) is 6.92 Å². The molecule has 0 N–H and O–H groups in total. The van der Waals surface area contributed by atoms with Gasteiger partial charge in [0.05, 0.1) is 0 Å². The van der Waals surface area contributed by atoms with Gasteiger partial charge in [0.1, 0.15) is 18.1 Å². The van der Waals surface area contributed by atoms with Crippen LogP contribution in [0.4, 0.5) is 0 Å². The van der Waals surface area contributed by atoms with Gasteiger partial charge in [-0.05, 0) is 19.1 Å². The van der Waals surface area contributed by atoms with Crippen LogP contribution in [0.25, 0.3) is 0 Å². The molecule has 0 saturated heterocycles. The summed E-state index contributed by atoms with van der Waals surface area (Å²) in [6.07, 6.45) is 0. The van der Waals surface area contributed by atoms with E-state index in [-0.39, 0.29) is 12.6 Å². The molecule has 1 aromatic heterocycles. The van der Waals surface area contributed by atoms with Crippen molar-refractivity contribution in [1.29, 1.82) is 0 Å². The van der Waals surface area contributed by atoms with E-state index in [2.05, 4.69) is 0 Å². The van der Waals surface area contributed by atoms with Crippen LogP contribution in [0.1, 0.15) is 18.4 Å². The molecule has 0 bridgehead atoms. The van der Waals surface area contributed by atoms with Crippen LogP contribution in [-0.4, -0.2) is 5.97 Å². The second-order valence-corrected chi connectivity index (χ2v) is 2.29. The molecular formula is C8H10O3. The van der Waals surface area contributed by atoms with E-state index in [1.54, 1.807) is 6.07 Å². The Morgan fingerprint density at radius 3 is 2.82 bits per heavy atom. The highest BCUT2D eigenvalue weighted by Crippen LogP contribution is 2.06. The zero-order valence-electron chi connectivity index (χ0n) is 6.59. The summed E-state index contributed by atoms with van der Waals surface area (Å²) in [5, 5.41) is 0. The summed E-state index contributed by atoms with van der Waals surface area (Å²) in [7, 11) is 0. The SMILES string of the molecule is CC(=O)OCc1ccc(C)o1. The second-order valence-electron chi connectivity index (χ2n) is 2.29. The van der Waals surface area contributed by atoms with Crippen LogP contribution in [-0.2, 0) is 16.1 Å². The Hall–Kier alpha value is -1.25. The number of aryl methyl sites for hydroxylation is 1. The lowest BCUT2D eigenvalue weighted by atomic mass is 10.4. The zero-order chi connectivity index (χ0) is 8.27. The minimum Gasteiger partial charge on any atom is -0.463 e. The molecule has 3 heteroatoms. The molecule has 1 heterocycles. The van der Waals surface area contributed by atoms with Crippen LogP contribution in [0.3, 0.4) is 0 Å². The fourth-order valence-electron chi connectivity index (χ4n) is 0.735. The molecule has 0 atom stereocenters. The molecule has 0 amide bonds. The van der Waals surface area contributed by atoms with Gasteiger partial charge < -0.3 is 9.15 Å². The highest BCUT2D eigenvalue weighted by atomic mass is 16.5. The van der Waals surface area contributed by atoms with Crippen molar-refractivity contribution < 1.29 is 13.9 Å². The minimum atomic E-state index is -0.293. The molecule has 0 saturated carbocycles. The van der Waals surface area contributed by atoms with E-state index in [1.165, 1.54) is 6.92 Å². The summed E-state index contributed by atoms with van der Waals surface area (Å²) < 4.78 is 9.87. The summed E-state index contributed by atoms with van der Waals surface area (Å²) in [6, 6.07) is 3.62. The first-order valence-corrected chi connectivity index (χ1v) is 3.37. The predicted molar refractivity (Wildman–Crippen MR) is 38.9 cm³/mol. The van der Waals surface area contributed by atoms with Gasteiger partial charge in [0.25, 0.3) is 0 Å². The molecule has 1 rings (SSSR count). The Balaban J connectivity index is 2.45. The van der Waals surface area contributed by atoms with E-state index in [4.69, 9.17) is 9.15 Å². The lowest BCUT2D eigenvalue weighted by Gasteiger charge is -1.96. The van der Waals surface area contributed by atoms with E-state index in [1.807, 2.05) is 13.0 Å². The molecule has 0 radical (unpaired) electrons. The van der Waals surface area contributed by atoms with Gasteiger partial charge in [0.2, 0.25) is 0 Å². The number of esters is 1. The Morgan fingerprint density at radius 1 is 1.64 bits per heavy atom. The molecule has 0 aliphatic carbocycles. The first-order chi connectivity index (χ1) is 5.18. The number of carbonyl (C=O) groups is 1. The third-order valence-corrected chi connectivity index (χ3v) is 1.21. The van der Waals surface area contributed by atoms with E-state index < -0.39 is 0 Å². The van der Waals surface area contributed by atoms with E-state index in [0.717, 1.165) is 5.76 Å². The van der Waals surface area contributed by atoms with Crippen molar-refractivity contribution in [3.63, 3.8) is 0 Å². The average Bonchev–Trinajstić information content (AvgIpc) is 2.31. The summed E-state index contributed by atoms with van der Waals surface area (Å²) in [6.45, 7) is 3.44. The van der Waals surface area contributed by atoms with Gasteiger partial charge in [-0.2, -0.15) is 0 Å². The summed E-state index contributed by atoms with van der Waals surface area (Å²) in [5.74, 6) is 1.21. The van der Waals surface area contributed by atoms with Crippen LogP contribution in [0.2, 0.25) is 0 Å². The minimum absolute atomic E-state index is 0.225. The standard InChI is InChI=1S/C8H10O3/c1-6-3-4-8(11-6)5-10-7(2)9/h3-4H,5H2,1-2H3. The van der Waals surface area contributed by atoms with E-state index >= 15 is 0 Å². The lowest BCUT2D eigenvalue weighted by Crippen LogP contribution is -1.97. The number of hydrogen-bond acceptors (Lipinski definition) is 3. The lowest BCUT2D eigenvalue weighted by molar-refractivity contribution is -0.142. The van der Waals surface area contributed by atoms with Crippen LogP contribution >= 0.6 is 0 Å². The van der Waals surface area contributed by atoms with Crippen molar-refractivity contribution in [2.24, 2.45) is 0 Å². The van der Waals surface area contributed by atoms with Crippen molar-refractivity contribution in [1.82, 2.24) is 0 Å². The normalized spacial score (nSPS) is 9.64. The van der Waals surface area contributed by atoms with Crippen LogP contribution in [0.5, 0.6) is 0 Å². The van der Waals surface area contributed by atoms with Crippen molar-refractivity contribution in [3.8, 4) is 0 Å². The van der Waals surface area contributed by atoms with Crippen LogP contribution in [0.15, 0.2) is 16.5 Å². The van der Waals surface area contributed by atoms with Gasteiger partial charge in [0.15, 0.2) is 0 Å². The smallest absolute Gasteiger partial charge is 0.303 e. The van der Waals surface area contributed by atoms with Gasteiger partial charge in [-0.15, -0.1) is 0 Å². The molecule has 60 valence electrons. The largest absolute Gasteiger partial charge is 0.463 e. The number of furan rings is 1. The Labute approximate surface area is 65.0 Å². The number of ether oxygens (including phenoxy) is 1. The molecule has 0 fully saturated rings. The molecule has 0 unspecified atom stereocenters. The fraction of sp³-hybridized carbons (Fsp3) is 0.375. The maximum absolute atomic E-state index is 10.4. The van der Waals surface area contributed by atoms with Gasteiger partial charge >= 0.3 is 5.97 Å². The van der Waals surface area contributed by atoms with Crippen LogP contribution < -0.4 is 0 Å². The van der Waals surface area contributed by atoms with E-state index in [0.29, 0.717) is 5.76 Å².